The number of aryl methyl sites for hydroxylation is 1. The van der Waals surface area contributed by atoms with Crippen LogP contribution in [0, 0.1) is 6.92 Å². The summed E-state index contributed by atoms with van der Waals surface area (Å²) in [5, 5.41) is 2.89. The number of hydrogen-bond acceptors (Lipinski definition) is 2. The lowest BCUT2D eigenvalue weighted by atomic mass is 10.1. The molecule has 0 saturated heterocycles. The van der Waals surface area contributed by atoms with Gasteiger partial charge >= 0.3 is 0 Å². The van der Waals surface area contributed by atoms with Gasteiger partial charge in [0.2, 0.25) is 0 Å². The van der Waals surface area contributed by atoms with Gasteiger partial charge in [-0.25, -0.2) is 0 Å². The molecule has 2 rings (SSSR count). The number of anilines is 1. The van der Waals surface area contributed by atoms with Crippen LogP contribution < -0.4 is 10.1 Å². The predicted molar refractivity (Wildman–Crippen MR) is 90.6 cm³/mol. The Hall–Kier alpha value is -2.29. The van der Waals surface area contributed by atoms with Gasteiger partial charge in [-0.2, -0.15) is 0 Å². The molecule has 1 amide bonds. The van der Waals surface area contributed by atoms with E-state index >= 15 is 0 Å². The summed E-state index contributed by atoms with van der Waals surface area (Å²) in [6, 6.07) is 15.0. The molecule has 0 bridgehead atoms. The van der Waals surface area contributed by atoms with Crippen molar-refractivity contribution in [2.45, 2.75) is 33.1 Å². The maximum atomic E-state index is 12.2. The molecule has 116 valence electrons. The lowest BCUT2D eigenvalue weighted by Crippen LogP contribution is -2.11. The van der Waals surface area contributed by atoms with E-state index < -0.39 is 0 Å². The zero-order valence-electron chi connectivity index (χ0n) is 13.3. The first-order chi connectivity index (χ1) is 10.7. The Morgan fingerprint density at radius 1 is 1.09 bits per heavy atom. The monoisotopic (exact) mass is 297 g/mol. The number of carbonyl (C=O) groups excluding carboxylic acids is 1. The minimum Gasteiger partial charge on any atom is -0.494 e. The molecule has 3 heteroatoms. The van der Waals surface area contributed by atoms with Gasteiger partial charge in [-0.1, -0.05) is 37.5 Å². The van der Waals surface area contributed by atoms with Gasteiger partial charge in [-0.15, -0.1) is 0 Å². The third kappa shape index (κ3) is 4.92. The molecule has 0 aliphatic rings. The lowest BCUT2D eigenvalue weighted by molar-refractivity contribution is 0.102. The summed E-state index contributed by atoms with van der Waals surface area (Å²) in [4.78, 5) is 12.2. The fourth-order valence-electron chi connectivity index (χ4n) is 2.17. The number of hydrogen-bond donors (Lipinski definition) is 1. The zero-order valence-corrected chi connectivity index (χ0v) is 13.3. The van der Waals surface area contributed by atoms with Crippen LogP contribution in [0.15, 0.2) is 48.5 Å². The van der Waals surface area contributed by atoms with Crippen molar-refractivity contribution < 1.29 is 9.53 Å². The summed E-state index contributed by atoms with van der Waals surface area (Å²) in [5.74, 6) is 0.741. The fraction of sp³-hybridized carbons (Fsp3) is 0.316. The molecule has 2 aromatic rings. The van der Waals surface area contributed by atoms with E-state index in [1.54, 1.807) is 0 Å². The molecule has 0 radical (unpaired) electrons. The van der Waals surface area contributed by atoms with Crippen LogP contribution in [0.4, 0.5) is 5.69 Å². The molecule has 0 spiro atoms. The van der Waals surface area contributed by atoms with Gasteiger partial charge in [0.05, 0.1) is 6.61 Å². The molecule has 0 fully saturated rings. The Kier molecular flexibility index (Phi) is 6.01. The molecule has 3 nitrogen and oxygen atoms in total. The Morgan fingerprint density at radius 3 is 2.55 bits per heavy atom. The van der Waals surface area contributed by atoms with Gasteiger partial charge in [-0.3, -0.25) is 4.79 Å². The summed E-state index contributed by atoms with van der Waals surface area (Å²) in [7, 11) is 0. The largest absolute Gasteiger partial charge is 0.494 e. The molecule has 0 atom stereocenters. The summed E-state index contributed by atoms with van der Waals surface area (Å²) < 4.78 is 5.66. The van der Waals surface area contributed by atoms with E-state index in [4.69, 9.17) is 4.74 Å². The van der Waals surface area contributed by atoms with Crippen LogP contribution in [0.1, 0.15) is 42.1 Å². The summed E-state index contributed by atoms with van der Waals surface area (Å²) in [6.07, 6.45) is 3.44. The summed E-state index contributed by atoms with van der Waals surface area (Å²) in [5.41, 5.74) is 2.51. The molecule has 0 aliphatic heterocycles. The highest BCUT2D eigenvalue weighted by molar-refractivity contribution is 6.04. The quantitative estimate of drug-likeness (QED) is 0.744. The number of ether oxygens (including phenoxy) is 1. The second-order valence-electron chi connectivity index (χ2n) is 5.40. The number of nitrogens with one attached hydrogen (secondary N) is 1. The number of amides is 1. The third-order valence-electron chi connectivity index (χ3n) is 3.41. The van der Waals surface area contributed by atoms with Crippen molar-refractivity contribution in [3.63, 3.8) is 0 Å². The van der Waals surface area contributed by atoms with Gasteiger partial charge < -0.3 is 10.1 Å². The highest BCUT2D eigenvalue weighted by Crippen LogP contribution is 2.17. The molecule has 0 heterocycles. The molecule has 1 N–H and O–H groups in total. The summed E-state index contributed by atoms with van der Waals surface area (Å²) in [6.45, 7) is 4.88. The minimum absolute atomic E-state index is 0.0969. The minimum atomic E-state index is -0.0969. The predicted octanol–water partition coefficient (Wildman–Crippen LogP) is 4.82. The van der Waals surface area contributed by atoms with Gasteiger partial charge in [0.1, 0.15) is 5.75 Å². The van der Waals surface area contributed by atoms with Crippen molar-refractivity contribution in [1.29, 1.82) is 0 Å². The highest BCUT2D eigenvalue weighted by atomic mass is 16.5. The third-order valence-corrected chi connectivity index (χ3v) is 3.41. The first-order valence-electron chi connectivity index (χ1n) is 7.80. The van der Waals surface area contributed by atoms with Crippen LogP contribution in [0.2, 0.25) is 0 Å². The van der Waals surface area contributed by atoms with Crippen molar-refractivity contribution in [3.05, 3.63) is 59.7 Å². The van der Waals surface area contributed by atoms with E-state index in [0.717, 1.165) is 30.0 Å². The molecular formula is C19H23NO2. The molecule has 0 unspecified atom stereocenters. The van der Waals surface area contributed by atoms with Crippen LogP contribution in [-0.4, -0.2) is 12.5 Å². The van der Waals surface area contributed by atoms with E-state index in [9.17, 15) is 4.79 Å². The van der Waals surface area contributed by atoms with Crippen molar-refractivity contribution in [2.24, 2.45) is 0 Å². The van der Waals surface area contributed by atoms with Crippen LogP contribution in [0.5, 0.6) is 5.75 Å². The second-order valence-corrected chi connectivity index (χ2v) is 5.40. The SMILES string of the molecule is CCCCCOc1ccc(NC(=O)c2cccc(C)c2)cc1. The van der Waals surface area contributed by atoms with Crippen molar-refractivity contribution in [1.82, 2.24) is 0 Å². The van der Waals surface area contributed by atoms with Gasteiger partial charge in [-0.05, 0) is 49.7 Å². The average molecular weight is 297 g/mol. The maximum absolute atomic E-state index is 12.2. The molecule has 0 aromatic heterocycles. The van der Waals surface area contributed by atoms with Crippen LogP contribution in [0.3, 0.4) is 0 Å². The standard InChI is InChI=1S/C19H23NO2/c1-3-4-5-13-22-18-11-9-17(10-12-18)20-19(21)16-8-6-7-15(2)14-16/h6-12,14H,3-5,13H2,1-2H3,(H,20,21). The van der Waals surface area contributed by atoms with Crippen molar-refractivity contribution in [2.75, 3.05) is 11.9 Å². The molecule has 2 aromatic carbocycles. The van der Waals surface area contributed by atoms with Gasteiger partial charge in [0.15, 0.2) is 0 Å². The number of rotatable bonds is 7. The molecule has 0 aliphatic carbocycles. The first kappa shape index (κ1) is 16.1. The zero-order chi connectivity index (χ0) is 15.8. The normalized spacial score (nSPS) is 10.3. The Labute approximate surface area is 132 Å². The van der Waals surface area contributed by atoms with Gasteiger partial charge in [0.25, 0.3) is 5.91 Å². The topological polar surface area (TPSA) is 38.3 Å². The smallest absolute Gasteiger partial charge is 0.255 e. The van der Waals surface area contributed by atoms with Crippen LogP contribution in [-0.2, 0) is 0 Å². The Bertz CT molecular complexity index is 605. The number of benzene rings is 2. The van der Waals surface area contributed by atoms with E-state index in [1.165, 1.54) is 12.8 Å². The molecular weight excluding hydrogens is 274 g/mol. The maximum Gasteiger partial charge on any atom is 0.255 e. The average Bonchev–Trinajstić information content (AvgIpc) is 2.53. The van der Waals surface area contributed by atoms with Gasteiger partial charge in [0, 0.05) is 11.3 Å². The Balaban J connectivity index is 1.89. The fourth-order valence-corrected chi connectivity index (χ4v) is 2.17. The molecule has 0 saturated carbocycles. The van der Waals surface area contributed by atoms with E-state index in [0.29, 0.717) is 5.56 Å². The number of unbranched alkanes of at least 4 members (excludes halogenated alkanes) is 2. The van der Waals surface area contributed by atoms with E-state index in [2.05, 4.69) is 12.2 Å². The van der Waals surface area contributed by atoms with Crippen LogP contribution in [0.25, 0.3) is 0 Å². The lowest BCUT2D eigenvalue weighted by Gasteiger charge is -2.08. The van der Waals surface area contributed by atoms with Crippen molar-refractivity contribution >= 4 is 11.6 Å². The van der Waals surface area contributed by atoms with Crippen LogP contribution >= 0.6 is 0 Å². The highest BCUT2D eigenvalue weighted by Gasteiger charge is 2.06. The Morgan fingerprint density at radius 2 is 1.86 bits per heavy atom. The first-order valence-corrected chi connectivity index (χ1v) is 7.80. The van der Waals surface area contributed by atoms with E-state index in [1.807, 2.05) is 55.5 Å². The van der Waals surface area contributed by atoms with Crippen molar-refractivity contribution in [3.8, 4) is 5.75 Å². The summed E-state index contributed by atoms with van der Waals surface area (Å²) >= 11 is 0. The second kappa shape index (κ2) is 8.23. The van der Waals surface area contributed by atoms with E-state index in [-0.39, 0.29) is 5.91 Å². The molecule has 22 heavy (non-hydrogen) atoms. The number of carbonyl (C=O) groups is 1.